The van der Waals surface area contributed by atoms with E-state index in [1.165, 1.54) is 0 Å². The SMILES string of the molecule is CC(=NN=C(C)c1ccc(C2CC2)c([N+](=O)[O-])c1)c1ccc(C2CC2)c([N+](=O)[O-])c1. The monoisotopic (exact) mass is 406 g/mol. The van der Waals surface area contributed by atoms with Crippen molar-refractivity contribution >= 4 is 22.8 Å². The molecule has 0 spiro atoms. The van der Waals surface area contributed by atoms with Crippen LogP contribution in [0.1, 0.15) is 73.6 Å². The quantitative estimate of drug-likeness (QED) is 0.344. The highest BCUT2D eigenvalue weighted by Crippen LogP contribution is 2.45. The molecule has 2 saturated carbocycles. The lowest BCUT2D eigenvalue weighted by Gasteiger charge is -2.05. The second kappa shape index (κ2) is 7.78. The molecule has 0 bridgehead atoms. The Morgan fingerprint density at radius 1 is 0.767 bits per heavy atom. The van der Waals surface area contributed by atoms with E-state index in [0.29, 0.717) is 22.6 Å². The molecule has 0 atom stereocenters. The fraction of sp³-hybridized carbons (Fsp3) is 0.364. The van der Waals surface area contributed by atoms with Crippen molar-refractivity contribution in [3.8, 4) is 0 Å². The second-order valence-electron chi connectivity index (χ2n) is 7.98. The number of nitro groups is 2. The van der Waals surface area contributed by atoms with Gasteiger partial charge in [-0.05, 0) is 51.4 Å². The first-order valence-electron chi connectivity index (χ1n) is 10.0. The van der Waals surface area contributed by atoms with Gasteiger partial charge in [-0.2, -0.15) is 10.2 Å². The molecule has 4 rings (SSSR count). The Hall–Kier alpha value is -3.42. The fourth-order valence-corrected chi connectivity index (χ4v) is 3.60. The van der Waals surface area contributed by atoms with Gasteiger partial charge in [-0.25, -0.2) is 0 Å². The van der Waals surface area contributed by atoms with Crippen LogP contribution in [-0.2, 0) is 0 Å². The minimum Gasteiger partial charge on any atom is -0.258 e. The second-order valence-corrected chi connectivity index (χ2v) is 7.98. The molecule has 0 amide bonds. The molecule has 2 aromatic carbocycles. The Morgan fingerprint density at radius 2 is 1.13 bits per heavy atom. The lowest BCUT2D eigenvalue weighted by Crippen LogP contribution is -2.02. The molecule has 2 aliphatic rings. The first-order valence-corrected chi connectivity index (χ1v) is 10.0. The van der Waals surface area contributed by atoms with Crippen LogP contribution < -0.4 is 0 Å². The largest absolute Gasteiger partial charge is 0.273 e. The highest BCUT2D eigenvalue weighted by molar-refractivity contribution is 6.02. The summed E-state index contributed by atoms with van der Waals surface area (Å²) in [5.41, 5.74) is 4.16. The van der Waals surface area contributed by atoms with E-state index in [2.05, 4.69) is 10.2 Å². The van der Waals surface area contributed by atoms with Gasteiger partial charge in [-0.1, -0.05) is 24.3 Å². The third-order valence-electron chi connectivity index (χ3n) is 5.67. The average molecular weight is 406 g/mol. The van der Waals surface area contributed by atoms with E-state index in [4.69, 9.17) is 0 Å². The van der Waals surface area contributed by atoms with E-state index < -0.39 is 0 Å². The summed E-state index contributed by atoms with van der Waals surface area (Å²) in [5.74, 6) is 0.567. The Morgan fingerprint density at radius 3 is 1.43 bits per heavy atom. The van der Waals surface area contributed by atoms with Crippen LogP contribution in [-0.4, -0.2) is 21.3 Å². The van der Waals surface area contributed by atoms with Crippen LogP contribution in [0.4, 0.5) is 11.4 Å². The lowest BCUT2D eigenvalue weighted by molar-refractivity contribution is -0.385. The molecule has 2 fully saturated rings. The minimum absolute atomic E-state index is 0.122. The highest BCUT2D eigenvalue weighted by atomic mass is 16.6. The van der Waals surface area contributed by atoms with Gasteiger partial charge in [0.05, 0.1) is 21.3 Å². The molecular formula is C22H22N4O4. The van der Waals surface area contributed by atoms with Crippen LogP contribution in [0.3, 0.4) is 0 Å². The Balaban J connectivity index is 1.60. The third kappa shape index (κ3) is 4.12. The summed E-state index contributed by atoms with van der Waals surface area (Å²) in [5, 5.41) is 31.3. The van der Waals surface area contributed by atoms with Crippen molar-refractivity contribution in [3.63, 3.8) is 0 Å². The summed E-state index contributed by atoms with van der Waals surface area (Å²) in [6, 6.07) is 10.4. The van der Waals surface area contributed by atoms with Gasteiger partial charge < -0.3 is 0 Å². The Bertz CT molecular complexity index is 1010. The van der Waals surface area contributed by atoms with Crippen molar-refractivity contribution in [2.24, 2.45) is 10.2 Å². The number of hydrogen-bond donors (Lipinski definition) is 0. The maximum atomic E-state index is 11.4. The van der Waals surface area contributed by atoms with Crippen molar-refractivity contribution in [1.29, 1.82) is 0 Å². The third-order valence-corrected chi connectivity index (χ3v) is 5.67. The normalized spacial score (nSPS) is 17.1. The Labute approximate surface area is 173 Å². The van der Waals surface area contributed by atoms with Gasteiger partial charge in [0.1, 0.15) is 0 Å². The van der Waals surface area contributed by atoms with Crippen LogP contribution in [0, 0.1) is 20.2 Å². The maximum absolute atomic E-state index is 11.4. The molecule has 0 aliphatic heterocycles. The van der Waals surface area contributed by atoms with E-state index in [-0.39, 0.29) is 33.1 Å². The zero-order chi connectivity index (χ0) is 21.4. The van der Waals surface area contributed by atoms with Crippen LogP contribution >= 0.6 is 0 Å². The van der Waals surface area contributed by atoms with Gasteiger partial charge in [0.15, 0.2) is 0 Å². The van der Waals surface area contributed by atoms with E-state index in [0.717, 1.165) is 36.8 Å². The van der Waals surface area contributed by atoms with Crippen molar-refractivity contribution in [2.75, 3.05) is 0 Å². The molecule has 2 aromatic rings. The summed E-state index contributed by atoms with van der Waals surface area (Å²) in [6.45, 7) is 3.48. The molecule has 30 heavy (non-hydrogen) atoms. The van der Waals surface area contributed by atoms with Gasteiger partial charge >= 0.3 is 0 Å². The van der Waals surface area contributed by atoms with Gasteiger partial charge in [0, 0.05) is 34.4 Å². The molecule has 8 heteroatoms. The van der Waals surface area contributed by atoms with Crippen molar-refractivity contribution in [1.82, 2.24) is 0 Å². The summed E-state index contributed by atoms with van der Waals surface area (Å²) in [4.78, 5) is 22.2. The molecule has 0 heterocycles. The predicted octanol–water partition coefficient (Wildman–Crippen LogP) is 5.49. The van der Waals surface area contributed by atoms with Crippen LogP contribution in [0.25, 0.3) is 0 Å². The molecule has 0 unspecified atom stereocenters. The van der Waals surface area contributed by atoms with Gasteiger partial charge in [0.25, 0.3) is 11.4 Å². The van der Waals surface area contributed by atoms with Crippen molar-refractivity contribution in [2.45, 2.75) is 51.4 Å². The van der Waals surface area contributed by atoms with E-state index in [1.54, 1.807) is 38.1 Å². The van der Waals surface area contributed by atoms with E-state index in [1.807, 2.05) is 12.1 Å². The van der Waals surface area contributed by atoms with Crippen LogP contribution in [0.2, 0.25) is 0 Å². The summed E-state index contributed by atoms with van der Waals surface area (Å²) >= 11 is 0. The number of hydrogen-bond acceptors (Lipinski definition) is 6. The zero-order valence-corrected chi connectivity index (χ0v) is 16.9. The smallest absolute Gasteiger partial charge is 0.258 e. The fourth-order valence-electron chi connectivity index (χ4n) is 3.60. The topological polar surface area (TPSA) is 111 Å². The van der Waals surface area contributed by atoms with Gasteiger partial charge in [-0.15, -0.1) is 0 Å². The maximum Gasteiger partial charge on any atom is 0.273 e. The molecule has 0 N–H and O–H groups in total. The molecule has 2 aliphatic carbocycles. The molecule has 0 radical (unpaired) electrons. The summed E-state index contributed by atoms with van der Waals surface area (Å²) in [6.07, 6.45) is 3.95. The average Bonchev–Trinajstić information content (AvgIpc) is 3.64. The standard InChI is InChI=1S/C22H22N4O4/c1-13(17-7-9-19(15-3-4-15)21(11-17)25(27)28)23-24-14(2)18-8-10-20(16-5-6-16)22(12-18)26(29)30/h7-12,15-16H,3-6H2,1-2H3. The first kappa shape index (κ1) is 19.9. The number of benzene rings is 2. The predicted molar refractivity (Wildman–Crippen MR) is 115 cm³/mol. The number of rotatable bonds is 7. The molecule has 0 aromatic heterocycles. The van der Waals surface area contributed by atoms with Gasteiger partial charge in [0.2, 0.25) is 0 Å². The molecule has 154 valence electrons. The molecule has 0 saturated heterocycles. The van der Waals surface area contributed by atoms with Crippen molar-refractivity contribution < 1.29 is 9.85 Å². The van der Waals surface area contributed by atoms with E-state index in [9.17, 15) is 20.2 Å². The van der Waals surface area contributed by atoms with Crippen molar-refractivity contribution in [3.05, 3.63) is 78.9 Å². The first-order chi connectivity index (χ1) is 14.3. The Kier molecular flexibility index (Phi) is 5.15. The lowest BCUT2D eigenvalue weighted by atomic mass is 10.0. The van der Waals surface area contributed by atoms with Crippen LogP contribution in [0.15, 0.2) is 46.6 Å². The summed E-state index contributed by atoms with van der Waals surface area (Å²) < 4.78 is 0. The van der Waals surface area contributed by atoms with Crippen LogP contribution in [0.5, 0.6) is 0 Å². The van der Waals surface area contributed by atoms with Gasteiger partial charge in [-0.3, -0.25) is 20.2 Å². The number of nitro benzene ring substituents is 2. The van der Waals surface area contributed by atoms with E-state index >= 15 is 0 Å². The molecule has 8 nitrogen and oxygen atoms in total. The molecular weight excluding hydrogens is 384 g/mol. The minimum atomic E-state index is -0.348. The summed E-state index contributed by atoms with van der Waals surface area (Å²) in [7, 11) is 0. The number of nitrogens with zero attached hydrogens (tertiary/aromatic N) is 4. The zero-order valence-electron chi connectivity index (χ0n) is 16.9. The highest BCUT2D eigenvalue weighted by Gasteiger charge is 2.31.